The van der Waals surface area contributed by atoms with E-state index in [1.807, 2.05) is 19.0 Å². The van der Waals surface area contributed by atoms with Crippen molar-refractivity contribution in [2.24, 2.45) is 0 Å². The molecule has 0 spiro atoms. The lowest BCUT2D eigenvalue weighted by Gasteiger charge is -2.34. The number of carbonyl (C=O) groups excluding carboxylic acids is 1. The summed E-state index contributed by atoms with van der Waals surface area (Å²) in [6, 6.07) is 2.95. The highest BCUT2D eigenvalue weighted by Crippen LogP contribution is 2.21. The summed E-state index contributed by atoms with van der Waals surface area (Å²) in [7, 11) is 3.97. The van der Waals surface area contributed by atoms with E-state index < -0.39 is 0 Å². The Kier molecular flexibility index (Phi) is 5.73. The lowest BCUT2D eigenvalue weighted by Crippen LogP contribution is -2.46. The molecule has 0 unspecified atom stereocenters. The molecule has 0 aliphatic carbocycles. The number of hydrogen-bond acceptors (Lipinski definition) is 6. The molecule has 1 aromatic rings. The second-order valence-corrected chi connectivity index (χ2v) is 7.24. The molecule has 2 aliphatic rings. The van der Waals surface area contributed by atoms with Crippen LogP contribution in [0, 0.1) is 0 Å². The van der Waals surface area contributed by atoms with E-state index in [2.05, 4.69) is 33.5 Å². The van der Waals surface area contributed by atoms with Crippen LogP contribution in [0.3, 0.4) is 0 Å². The van der Waals surface area contributed by atoms with Crippen molar-refractivity contribution in [3.05, 3.63) is 11.8 Å². The Hall–Kier alpha value is -1.89. The summed E-state index contributed by atoms with van der Waals surface area (Å²) in [4.78, 5) is 24.9. The van der Waals surface area contributed by atoms with E-state index in [4.69, 9.17) is 4.98 Å². The average molecular weight is 346 g/mol. The van der Waals surface area contributed by atoms with E-state index in [0.29, 0.717) is 18.5 Å². The van der Waals surface area contributed by atoms with E-state index in [1.54, 1.807) is 0 Å². The van der Waals surface area contributed by atoms with Gasteiger partial charge in [-0.15, -0.1) is 0 Å². The number of hydrogen-bond donors (Lipinski definition) is 2. The summed E-state index contributed by atoms with van der Waals surface area (Å²) in [6.07, 6.45) is 4.75. The highest BCUT2D eigenvalue weighted by molar-refractivity contribution is 5.78. The van der Waals surface area contributed by atoms with E-state index in [-0.39, 0.29) is 5.91 Å². The van der Waals surface area contributed by atoms with Gasteiger partial charge in [0.15, 0.2) is 0 Å². The standard InChI is InChI=1S/C18H30N6O/c1-4-13-11-16(22-18(21-13)23(2)3)24-9-7-14(8-10-24)19-12-15-5-6-17(25)20-15/h11,14-15,19H,4-10,12H2,1-3H3,(H,20,25)/t15-/m0/s1. The molecule has 2 N–H and O–H groups in total. The molecule has 138 valence electrons. The molecule has 1 aromatic heterocycles. The molecule has 7 heteroatoms. The number of nitrogens with one attached hydrogen (secondary N) is 2. The molecule has 2 fully saturated rings. The van der Waals surface area contributed by atoms with Crippen LogP contribution in [0.15, 0.2) is 6.07 Å². The number of aromatic nitrogens is 2. The Bertz CT molecular complexity index is 597. The van der Waals surface area contributed by atoms with Gasteiger partial charge in [0.25, 0.3) is 0 Å². The molecule has 7 nitrogen and oxygen atoms in total. The first-order valence-electron chi connectivity index (χ1n) is 9.38. The second-order valence-electron chi connectivity index (χ2n) is 7.24. The fourth-order valence-corrected chi connectivity index (χ4v) is 3.46. The van der Waals surface area contributed by atoms with Crippen LogP contribution in [0.1, 0.15) is 38.3 Å². The van der Waals surface area contributed by atoms with Crippen LogP contribution in [0.25, 0.3) is 0 Å². The summed E-state index contributed by atoms with van der Waals surface area (Å²) < 4.78 is 0. The molecule has 1 atom stereocenters. The van der Waals surface area contributed by atoms with Gasteiger partial charge in [-0.05, 0) is 25.7 Å². The Morgan fingerprint density at radius 2 is 2.04 bits per heavy atom. The molecule has 1 amide bonds. The maximum absolute atomic E-state index is 11.3. The minimum atomic E-state index is 0.189. The van der Waals surface area contributed by atoms with Crippen molar-refractivity contribution in [3.63, 3.8) is 0 Å². The maximum Gasteiger partial charge on any atom is 0.227 e. The van der Waals surface area contributed by atoms with Gasteiger partial charge >= 0.3 is 0 Å². The monoisotopic (exact) mass is 346 g/mol. The lowest BCUT2D eigenvalue weighted by atomic mass is 10.0. The van der Waals surface area contributed by atoms with Crippen molar-refractivity contribution in [2.75, 3.05) is 43.5 Å². The normalized spacial score (nSPS) is 21.5. The Labute approximate surface area is 150 Å². The summed E-state index contributed by atoms with van der Waals surface area (Å²) in [5.41, 5.74) is 1.09. The van der Waals surface area contributed by atoms with Crippen molar-refractivity contribution in [1.82, 2.24) is 20.6 Å². The van der Waals surface area contributed by atoms with E-state index in [9.17, 15) is 4.79 Å². The van der Waals surface area contributed by atoms with E-state index in [0.717, 1.165) is 62.8 Å². The third-order valence-electron chi connectivity index (χ3n) is 5.07. The summed E-state index contributed by atoms with van der Waals surface area (Å²) >= 11 is 0. The number of carbonyl (C=O) groups is 1. The molecule has 0 aromatic carbocycles. The molecular weight excluding hydrogens is 316 g/mol. The SMILES string of the molecule is CCc1cc(N2CCC(NC[C@@H]3CCC(=O)N3)CC2)nc(N(C)C)n1. The van der Waals surface area contributed by atoms with Crippen LogP contribution in [-0.4, -0.2) is 61.7 Å². The number of rotatable bonds is 6. The number of piperidine rings is 1. The molecule has 3 rings (SSSR count). The molecule has 2 saturated heterocycles. The van der Waals surface area contributed by atoms with E-state index >= 15 is 0 Å². The maximum atomic E-state index is 11.3. The number of amides is 1. The summed E-state index contributed by atoms with van der Waals surface area (Å²) in [6.45, 7) is 5.02. The third kappa shape index (κ3) is 4.60. The van der Waals surface area contributed by atoms with Gasteiger partial charge in [0.05, 0.1) is 0 Å². The average Bonchev–Trinajstić information content (AvgIpc) is 3.05. The highest BCUT2D eigenvalue weighted by Gasteiger charge is 2.24. The highest BCUT2D eigenvalue weighted by atomic mass is 16.1. The zero-order chi connectivity index (χ0) is 17.8. The third-order valence-corrected chi connectivity index (χ3v) is 5.07. The molecule has 3 heterocycles. The van der Waals surface area contributed by atoms with Crippen LogP contribution in [-0.2, 0) is 11.2 Å². The largest absolute Gasteiger partial charge is 0.356 e. The van der Waals surface area contributed by atoms with Gasteiger partial charge in [-0.25, -0.2) is 4.98 Å². The van der Waals surface area contributed by atoms with Crippen molar-refractivity contribution >= 4 is 17.7 Å². The quantitative estimate of drug-likeness (QED) is 0.799. The smallest absolute Gasteiger partial charge is 0.227 e. The minimum absolute atomic E-state index is 0.189. The number of nitrogens with zero attached hydrogens (tertiary/aromatic N) is 4. The number of aryl methyl sites for hydroxylation is 1. The first kappa shape index (κ1) is 17.9. The molecule has 0 radical (unpaired) electrons. The minimum Gasteiger partial charge on any atom is -0.356 e. The second kappa shape index (κ2) is 7.99. The fourth-order valence-electron chi connectivity index (χ4n) is 3.46. The molecule has 0 bridgehead atoms. The molecule has 25 heavy (non-hydrogen) atoms. The van der Waals surface area contributed by atoms with Gasteiger partial charge in [-0.2, -0.15) is 4.98 Å². The van der Waals surface area contributed by atoms with Crippen molar-refractivity contribution in [3.8, 4) is 0 Å². The summed E-state index contributed by atoms with van der Waals surface area (Å²) in [5, 5.41) is 6.65. The molecule has 0 saturated carbocycles. The predicted molar refractivity (Wildman–Crippen MR) is 100 cm³/mol. The van der Waals surface area contributed by atoms with Gasteiger partial charge in [0.1, 0.15) is 5.82 Å². The van der Waals surface area contributed by atoms with Gasteiger partial charge in [0, 0.05) is 64.0 Å². The predicted octanol–water partition coefficient (Wildman–Crippen LogP) is 0.942. The van der Waals surface area contributed by atoms with Crippen molar-refractivity contribution in [1.29, 1.82) is 0 Å². The zero-order valence-corrected chi connectivity index (χ0v) is 15.6. The van der Waals surface area contributed by atoms with Crippen LogP contribution >= 0.6 is 0 Å². The first-order chi connectivity index (χ1) is 12.0. The summed E-state index contributed by atoms with van der Waals surface area (Å²) in [5.74, 6) is 2.01. The van der Waals surface area contributed by atoms with E-state index in [1.165, 1.54) is 0 Å². The Morgan fingerprint density at radius 3 is 2.64 bits per heavy atom. The van der Waals surface area contributed by atoms with Crippen molar-refractivity contribution < 1.29 is 4.79 Å². The Morgan fingerprint density at radius 1 is 1.28 bits per heavy atom. The van der Waals surface area contributed by atoms with Gasteiger partial charge in [-0.3, -0.25) is 4.79 Å². The number of anilines is 2. The van der Waals surface area contributed by atoms with Crippen LogP contribution in [0.5, 0.6) is 0 Å². The molecular formula is C18H30N6O. The topological polar surface area (TPSA) is 73.4 Å². The van der Waals surface area contributed by atoms with Crippen LogP contribution in [0.4, 0.5) is 11.8 Å². The fraction of sp³-hybridized carbons (Fsp3) is 0.722. The lowest BCUT2D eigenvalue weighted by molar-refractivity contribution is -0.119. The van der Waals surface area contributed by atoms with Crippen LogP contribution < -0.4 is 20.4 Å². The van der Waals surface area contributed by atoms with Gasteiger partial charge in [-0.1, -0.05) is 6.92 Å². The zero-order valence-electron chi connectivity index (χ0n) is 15.6. The van der Waals surface area contributed by atoms with Gasteiger partial charge < -0.3 is 20.4 Å². The first-order valence-corrected chi connectivity index (χ1v) is 9.38. The Balaban J connectivity index is 1.53. The molecule has 2 aliphatic heterocycles. The van der Waals surface area contributed by atoms with Crippen LogP contribution in [0.2, 0.25) is 0 Å². The van der Waals surface area contributed by atoms with Gasteiger partial charge in [0.2, 0.25) is 11.9 Å². The van der Waals surface area contributed by atoms with Crippen molar-refractivity contribution in [2.45, 2.75) is 51.1 Å².